The summed E-state index contributed by atoms with van der Waals surface area (Å²) in [6.45, 7) is 5.30. The van der Waals surface area contributed by atoms with Crippen molar-refractivity contribution in [1.29, 1.82) is 0 Å². The second-order valence-electron chi connectivity index (χ2n) is 15.1. The number of nitrogens with one attached hydrogen (secondary N) is 1. The minimum Gasteiger partial charge on any atom is -0.507 e. The Kier molecular flexibility index (Phi) is 9.92. The number of nitrogens with zero attached hydrogens (tertiary/aromatic N) is 2. The Morgan fingerprint density at radius 1 is 0.945 bits per heavy atom. The largest absolute Gasteiger partial charge is 0.507 e. The Morgan fingerprint density at radius 3 is 2.47 bits per heavy atom. The van der Waals surface area contributed by atoms with E-state index in [0.29, 0.717) is 45.4 Å². The molecule has 55 heavy (non-hydrogen) atoms. The number of phenols is 2. The first-order valence-corrected chi connectivity index (χ1v) is 18.9. The standard InChI is InChI=1S/C40H43N3O12/c1-19(44)21-15-23-33(26(16-21)54-31-17-25-40(20(2)53-31)55-30-18-52-14-13-42(25)30)39(51)35-34(37(23)49)36(48)22-7-6-8-24(32(22)38(35)50)41-27(45)9-4-3-5-12-43-28(46)10-11-29(43)47/h6-8,10-11,20-21,25-26,30-31,40,49,51H,3-5,9,12-18H2,1-2H3,(H,41,45)/t20-,21+,25-,26-,30+,31-,40+/m0/s1. The second kappa shape index (κ2) is 14.7. The van der Waals surface area contributed by atoms with Gasteiger partial charge in [-0.2, -0.15) is 0 Å². The van der Waals surface area contributed by atoms with E-state index in [1.807, 2.05) is 6.92 Å². The van der Waals surface area contributed by atoms with Crippen LogP contribution in [0.3, 0.4) is 0 Å². The number of benzene rings is 2. The summed E-state index contributed by atoms with van der Waals surface area (Å²) in [7, 11) is 0. The minimum atomic E-state index is -0.970. The number of phenolic OH excluding ortho intramolecular Hbond substituents is 2. The summed E-state index contributed by atoms with van der Waals surface area (Å²) >= 11 is 0. The third-order valence-corrected chi connectivity index (χ3v) is 11.7. The van der Waals surface area contributed by atoms with Crippen LogP contribution in [-0.4, -0.2) is 112 Å². The highest BCUT2D eigenvalue weighted by Gasteiger charge is 2.51. The zero-order valence-electron chi connectivity index (χ0n) is 30.6. The number of aromatic hydroxyl groups is 2. The fraction of sp³-hybridized carbons (Fsp3) is 0.500. The van der Waals surface area contributed by atoms with E-state index in [1.165, 1.54) is 37.3 Å². The molecule has 3 N–H and O–H groups in total. The number of amides is 3. The molecule has 4 aliphatic heterocycles. The maximum Gasteiger partial charge on any atom is 0.253 e. The molecule has 8 rings (SSSR count). The summed E-state index contributed by atoms with van der Waals surface area (Å²) in [6, 6.07) is 4.40. The number of imide groups is 1. The maximum atomic E-state index is 14.4. The molecule has 6 aliphatic rings. The van der Waals surface area contributed by atoms with Crippen molar-refractivity contribution in [2.45, 2.75) is 95.7 Å². The highest BCUT2D eigenvalue weighted by molar-refractivity contribution is 6.32. The molecule has 2 aromatic carbocycles. The molecule has 15 nitrogen and oxygen atoms in total. The van der Waals surface area contributed by atoms with Crippen LogP contribution in [0.1, 0.15) is 101 Å². The SMILES string of the molecule is CC(=O)[C@@H]1Cc2c(O)c3c(c(O)c2[C@@H](O[C@H]2C[C@H]4[C@H](O[C@@H]5COCCN54)[C@H](C)O2)C1)C(=O)c1c(NC(=O)CCCCCN2C(=O)C=CC2=O)cccc1C3=O. The van der Waals surface area contributed by atoms with Gasteiger partial charge in [-0.05, 0) is 45.6 Å². The fourth-order valence-electron chi connectivity index (χ4n) is 8.96. The van der Waals surface area contributed by atoms with Gasteiger partial charge in [0.2, 0.25) is 5.91 Å². The topological polar surface area (TPSA) is 198 Å². The van der Waals surface area contributed by atoms with Crippen LogP contribution in [0.4, 0.5) is 5.69 Å². The molecule has 15 heteroatoms. The van der Waals surface area contributed by atoms with E-state index < -0.39 is 52.8 Å². The van der Waals surface area contributed by atoms with Crippen molar-refractivity contribution < 1.29 is 57.9 Å². The molecular weight excluding hydrogens is 714 g/mol. The van der Waals surface area contributed by atoms with Crippen LogP contribution in [-0.2, 0) is 44.5 Å². The molecule has 2 aliphatic carbocycles. The second-order valence-corrected chi connectivity index (χ2v) is 15.1. The zero-order valence-corrected chi connectivity index (χ0v) is 30.6. The smallest absolute Gasteiger partial charge is 0.253 e. The summed E-state index contributed by atoms with van der Waals surface area (Å²) in [5.74, 6) is -4.39. The quantitative estimate of drug-likeness (QED) is 0.155. The number of fused-ring (bicyclic) bond motifs is 6. The van der Waals surface area contributed by atoms with Crippen molar-refractivity contribution in [3.63, 3.8) is 0 Å². The summed E-state index contributed by atoms with van der Waals surface area (Å²) in [5, 5.41) is 26.5. The normalized spacial score (nSPS) is 28.4. The van der Waals surface area contributed by atoms with E-state index in [0.717, 1.165) is 4.90 Å². The Morgan fingerprint density at radius 2 is 1.71 bits per heavy atom. The van der Waals surface area contributed by atoms with E-state index in [1.54, 1.807) is 0 Å². The molecule has 3 saturated heterocycles. The van der Waals surface area contributed by atoms with Gasteiger partial charge in [0.05, 0.1) is 47.8 Å². The number of rotatable bonds is 10. The van der Waals surface area contributed by atoms with Crippen molar-refractivity contribution in [1.82, 2.24) is 9.80 Å². The molecule has 3 amide bonds. The van der Waals surface area contributed by atoms with E-state index in [4.69, 9.17) is 18.9 Å². The Labute approximate surface area is 316 Å². The van der Waals surface area contributed by atoms with E-state index in [2.05, 4.69) is 10.2 Å². The zero-order chi connectivity index (χ0) is 38.7. The molecule has 0 spiro atoms. The van der Waals surface area contributed by atoms with Gasteiger partial charge in [0.1, 0.15) is 29.6 Å². The molecule has 3 fully saturated rings. The monoisotopic (exact) mass is 757 g/mol. The van der Waals surface area contributed by atoms with Gasteiger partial charge < -0.3 is 34.5 Å². The third kappa shape index (κ3) is 6.57. The van der Waals surface area contributed by atoms with Gasteiger partial charge in [0.25, 0.3) is 11.8 Å². The number of hydrogen-bond donors (Lipinski definition) is 3. The highest BCUT2D eigenvalue weighted by Crippen LogP contribution is 2.52. The van der Waals surface area contributed by atoms with E-state index in [-0.39, 0.29) is 101 Å². The van der Waals surface area contributed by atoms with Gasteiger partial charge >= 0.3 is 0 Å². The summed E-state index contributed by atoms with van der Waals surface area (Å²) in [4.78, 5) is 81.3. The maximum absolute atomic E-state index is 14.4. The average molecular weight is 758 g/mol. The first-order chi connectivity index (χ1) is 26.4. The number of ether oxygens (including phenoxy) is 4. The molecule has 2 aromatic rings. The summed E-state index contributed by atoms with van der Waals surface area (Å²) in [6.07, 6.45) is 2.15. The van der Waals surface area contributed by atoms with Gasteiger partial charge in [-0.1, -0.05) is 18.6 Å². The third-order valence-electron chi connectivity index (χ3n) is 11.7. The first-order valence-electron chi connectivity index (χ1n) is 18.9. The van der Waals surface area contributed by atoms with Crippen molar-refractivity contribution in [3.8, 4) is 11.5 Å². The van der Waals surface area contributed by atoms with E-state index in [9.17, 15) is 39.0 Å². The number of unbranched alkanes of at least 4 members (excludes halogenated alkanes) is 2. The number of ketones is 3. The van der Waals surface area contributed by atoms with Crippen molar-refractivity contribution in [3.05, 3.63) is 63.7 Å². The van der Waals surface area contributed by atoms with Gasteiger partial charge in [0.15, 0.2) is 17.9 Å². The van der Waals surface area contributed by atoms with Crippen LogP contribution in [0.5, 0.6) is 11.5 Å². The predicted octanol–water partition coefficient (Wildman–Crippen LogP) is 3.07. The van der Waals surface area contributed by atoms with Crippen LogP contribution < -0.4 is 5.32 Å². The minimum absolute atomic E-state index is 0.0204. The molecule has 7 atom stereocenters. The molecule has 290 valence electrons. The Bertz CT molecular complexity index is 2010. The molecule has 0 aromatic heterocycles. The van der Waals surface area contributed by atoms with Crippen molar-refractivity contribution in [2.75, 3.05) is 31.6 Å². The molecule has 0 unspecified atom stereocenters. The first kappa shape index (κ1) is 37.1. The summed E-state index contributed by atoms with van der Waals surface area (Å²) < 4.78 is 24.7. The van der Waals surface area contributed by atoms with E-state index >= 15 is 0 Å². The van der Waals surface area contributed by atoms with Crippen molar-refractivity contribution in [2.24, 2.45) is 5.92 Å². The van der Waals surface area contributed by atoms with Crippen LogP contribution in [0, 0.1) is 5.92 Å². The van der Waals surface area contributed by atoms with Crippen LogP contribution in [0.15, 0.2) is 30.4 Å². The average Bonchev–Trinajstić information content (AvgIpc) is 3.70. The molecule has 0 saturated carbocycles. The Balaban J connectivity index is 1.04. The number of carbonyl (C=O) groups excluding carboxylic acids is 6. The van der Waals surface area contributed by atoms with Crippen molar-refractivity contribution >= 4 is 40.8 Å². The molecular formula is C40H43N3O12. The lowest BCUT2D eigenvalue weighted by Crippen LogP contribution is -2.52. The molecule has 0 bridgehead atoms. The van der Waals surface area contributed by atoms with Gasteiger partial charge in [-0.15, -0.1) is 0 Å². The summed E-state index contributed by atoms with van der Waals surface area (Å²) in [5.41, 5.74) is -0.570. The predicted molar refractivity (Wildman–Crippen MR) is 191 cm³/mol. The number of morpholine rings is 1. The number of Topliss-reactive ketones (excluding diaryl/α,β-unsaturated/α-hetero) is 1. The number of carbonyl (C=O) groups is 6. The fourth-order valence-corrected chi connectivity index (χ4v) is 8.96. The van der Waals surface area contributed by atoms with Crippen LogP contribution >= 0.6 is 0 Å². The number of anilines is 1. The van der Waals surface area contributed by atoms with Crippen LogP contribution in [0.25, 0.3) is 0 Å². The highest BCUT2D eigenvalue weighted by atomic mass is 16.7. The van der Waals surface area contributed by atoms with Gasteiger partial charge in [-0.3, -0.25) is 38.6 Å². The lowest BCUT2D eigenvalue weighted by Gasteiger charge is -2.41. The van der Waals surface area contributed by atoms with Crippen LogP contribution in [0.2, 0.25) is 0 Å². The molecule has 0 radical (unpaired) electrons. The lowest BCUT2D eigenvalue weighted by atomic mass is 9.73. The van der Waals surface area contributed by atoms with Gasteiger partial charge in [0, 0.05) is 66.7 Å². The van der Waals surface area contributed by atoms with Gasteiger partial charge in [-0.25, -0.2) is 0 Å². The molecule has 4 heterocycles. The number of hydrogen-bond acceptors (Lipinski definition) is 13. The Hall–Kier alpha value is -4.80. The lowest BCUT2D eigenvalue weighted by molar-refractivity contribution is -0.243.